The fourth-order valence-corrected chi connectivity index (χ4v) is 3.22. The molecule has 0 saturated carbocycles. The van der Waals surface area contributed by atoms with E-state index in [2.05, 4.69) is 67.3 Å². The smallest absolute Gasteiger partial charge is 0.137 e. The predicted octanol–water partition coefficient (Wildman–Crippen LogP) is 4.59. The molecule has 3 rings (SSSR count). The highest BCUT2D eigenvalue weighted by Gasteiger charge is 2.23. The molecular formula is C17H20N2S. The molecule has 0 radical (unpaired) electrons. The summed E-state index contributed by atoms with van der Waals surface area (Å²) < 4.78 is 2.26. The van der Waals surface area contributed by atoms with Gasteiger partial charge in [0.15, 0.2) is 0 Å². The van der Waals surface area contributed by atoms with Gasteiger partial charge in [0.25, 0.3) is 0 Å². The van der Waals surface area contributed by atoms with Gasteiger partial charge in [-0.15, -0.1) is 0 Å². The van der Waals surface area contributed by atoms with E-state index in [0.29, 0.717) is 0 Å². The van der Waals surface area contributed by atoms with Gasteiger partial charge >= 0.3 is 0 Å². The lowest BCUT2D eigenvalue weighted by molar-refractivity contribution is 0.566. The van der Waals surface area contributed by atoms with Crippen LogP contribution in [0.4, 0.5) is 0 Å². The van der Waals surface area contributed by atoms with Gasteiger partial charge in [-0.2, -0.15) is 11.3 Å². The van der Waals surface area contributed by atoms with E-state index in [1.54, 1.807) is 11.3 Å². The zero-order valence-corrected chi connectivity index (χ0v) is 13.3. The molecule has 0 spiro atoms. The van der Waals surface area contributed by atoms with E-state index < -0.39 is 0 Å². The Morgan fingerprint density at radius 1 is 1.20 bits per heavy atom. The Balaban J connectivity index is 2.21. The van der Waals surface area contributed by atoms with Crippen molar-refractivity contribution in [3.8, 4) is 0 Å². The van der Waals surface area contributed by atoms with Crippen molar-refractivity contribution in [1.29, 1.82) is 0 Å². The fourth-order valence-electron chi connectivity index (χ4n) is 2.56. The Hall–Kier alpha value is -1.61. The minimum absolute atomic E-state index is 0.0608. The predicted molar refractivity (Wildman–Crippen MR) is 85.8 cm³/mol. The number of imidazole rings is 1. The molecule has 0 unspecified atom stereocenters. The average Bonchev–Trinajstić information content (AvgIpc) is 2.97. The van der Waals surface area contributed by atoms with E-state index in [9.17, 15) is 0 Å². The number of hydrogen-bond acceptors (Lipinski definition) is 2. The largest absolute Gasteiger partial charge is 0.303 e. The number of hydrogen-bond donors (Lipinski definition) is 0. The summed E-state index contributed by atoms with van der Waals surface area (Å²) in [5.74, 6) is 0. The number of nitrogens with zero attached hydrogens (tertiary/aromatic N) is 2. The molecule has 2 nitrogen and oxygen atoms in total. The van der Waals surface area contributed by atoms with Crippen LogP contribution in [0.3, 0.4) is 0 Å². The SMILES string of the molecule is Cc1ccc2nc(C(C)(C)C)c(Cc3ccsc3)n2c1. The van der Waals surface area contributed by atoms with E-state index in [4.69, 9.17) is 4.98 Å². The minimum Gasteiger partial charge on any atom is -0.303 e. The Kier molecular flexibility index (Phi) is 3.17. The van der Waals surface area contributed by atoms with Crippen LogP contribution >= 0.6 is 11.3 Å². The van der Waals surface area contributed by atoms with Crippen molar-refractivity contribution in [2.75, 3.05) is 0 Å². The van der Waals surface area contributed by atoms with Crippen LogP contribution in [0.2, 0.25) is 0 Å². The molecule has 0 N–H and O–H groups in total. The van der Waals surface area contributed by atoms with Crippen molar-refractivity contribution in [2.24, 2.45) is 0 Å². The van der Waals surface area contributed by atoms with Crippen LogP contribution in [0.15, 0.2) is 35.2 Å². The molecule has 20 heavy (non-hydrogen) atoms. The second-order valence-electron chi connectivity index (χ2n) is 6.40. The molecule has 0 atom stereocenters. The Morgan fingerprint density at radius 2 is 2.00 bits per heavy atom. The van der Waals surface area contributed by atoms with Crippen molar-refractivity contribution in [3.05, 3.63) is 57.7 Å². The normalized spacial score (nSPS) is 12.2. The highest BCUT2D eigenvalue weighted by molar-refractivity contribution is 7.07. The van der Waals surface area contributed by atoms with Crippen LogP contribution in [0.5, 0.6) is 0 Å². The third kappa shape index (κ3) is 2.38. The van der Waals surface area contributed by atoms with Crippen molar-refractivity contribution >= 4 is 17.0 Å². The molecule has 0 aromatic carbocycles. The third-order valence-corrected chi connectivity index (χ3v) is 4.26. The number of fused-ring (bicyclic) bond motifs is 1. The zero-order chi connectivity index (χ0) is 14.3. The van der Waals surface area contributed by atoms with Crippen LogP contribution in [0.25, 0.3) is 5.65 Å². The Labute approximate surface area is 124 Å². The maximum Gasteiger partial charge on any atom is 0.137 e. The number of rotatable bonds is 2. The van der Waals surface area contributed by atoms with Crippen LogP contribution < -0.4 is 0 Å². The van der Waals surface area contributed by atoms with Gasteiger partial charge in [0.05, 0.1) is 11.4 Å². The van der Waals surface area contributed by atoms with Gasteiger partial charge in [0, 0.05) is 18.0 Å². The molecule has 3 heteroatoms. The summed E-state index contributed by atoms with van der Waals surface area (Å²) in [4.78, 5) is 4.87. The van der Waals surface area contributed by atoms with Gasteiger partial charge in [-0.25, -0.2) is 4.98 Å². The lowest BCUT2D eigenvalue weighted by Crippen LogP contribution is -2.15. The second kappa shape index (κ2) is 4.74. The molecule has 0 amide bonds. The van der Waals surface area contributed by atoms with E-state index >= 15 is 0 Å². The van der Waals surface area contributed by atoms with Gasteiger partial charge in [-0.05, 0) is 40.9 Å². The minimum atomic E-state index is 0.0608. The van der Waals surface area contributed by atoms with Crippen LogP contribution in [-0.4, -0.2) is 9.38 Å². The molecule has 3 heterocycles. The molecular weight excluding hydrogens is 264 g/mol. The topological polar surface area (TPSA) is 17.3 Å². The summed E-state index contributed by atoms with van der Waals surface area (Å²) >= 11 is 1.75. The first-order chi connectivity index (χ1) is 9.45. The number of pyridine rings is 1. The summed E-state index contributed by atoms with van der Waals surface area (Å²) in [6, 6.07) is 6.44. The standard InChI is InChI=1S/C17H20N2S/c1-12-5-6-15-18-16(17(2,3)4)14(19(15)10-12)9-13-7-8-20-11-13/h5-8,10-11H,9H2,1-4H3. The summed E-state index contributed by atoms with van der Waals surface area (Å²) in [5, 5.41) is 4.36. The fraction of sp³-hybridized carbons (Fsp3) is 0.353. The highest BCUT2D eigenvalue weighted by Crippen LogP contribution is 2.28. The summed E-state index contributed by atoms with van der Waals surface area (Å²) in [6.07, 6.45) is 3.14. The molecule has 3 aromatic heterocycles. The lowest BCUT2D eigenvalue weighted by atomic mass is 9.89. The molecule has 104 valence electrons. The number of thiophene rings is 1. The maximum absolute atomic E-state index is 4.87. The molecule has 0 aliphatic carbocycles. The van der Waals surface area contributed by atoms with Gasteiger partial charge < -0.3 is 4.40 Å². The summed E-state index contributed by atoms with van der Waals surface area (Å²) in [7, 11) is 0. The van der Waals surface area contributed by atoms with Gasteiger partial charge in [0.2, 0.25) is 0 Å². The Bertz CT molecular complexity index is 730. The zero-order valence-electron chi connectivity index (χ0n) is 12.5. The molecule has 0 aliphatic heterocycles. The molecule has 0 fully saturated rings. The summed E-state index contributed by atoms with van der Waals surface area (Å²) in [6.45, 7) is 8.83. The first kappa shape index (κ1) is 13.4. The van der Waals surface area contributed by atoms with Crippen molar-refractivity contribution in [1.82, 2.24) is 9.38 Å². The van der Waals surface area contributed by atoms with E-state index in [1.165, 1.54) is 22.5 Å². The van der Waals surface area contributed by atoms with Gasteiger partial charge in [-0.1, -0.05) is 26.8 Å². The maximum atomic E-state index is 4.87. The second-order valence-corrected chi connectivity index (χ2v) is 7.18. The van der Waals surface area contributed by atoms with Crippen LogP contribution in [0, 0.1) is 6.92 Å². The van der Waals surface area contributed by atoms with E-state index in [0.717, 1.165) is 12.1 Å². The number of aromatic nitrogens is 2. The molecule has 0 aliphatic rings. The molecule has 0 saturated heterocycles. The molecule has 3 aromatic rings. The van der Waals surface area contributed by atoms with Crippen LogP contribution in [0.1, 0.15) is 43.3 Å². The van der Waals surface area contributed by atoms with Crippen LogP contribution in [-0.2, 0) is 11.8 Å². The number of aryl methyl sites for hydroxylation is 1. The first-order valence-corrected chi connectivity index (χ1v) is 7.88. The lowest BCUT2D eigenvalue weighted by Gasteiger charge is -2.17. The molecule has 0 bridgehead atoms. The quantitative estimate of drug-likeness (QED) is 0.672. The highest BCUT2D eigenvalue weighted by atomic mass is 32.1. The monoisotopic (exact) mass is 284 g/mol. The van der Waals surface area contributed by atoms with Crippen molar-refractivity contribution in [2.45, 2.75) is 39.5 Å². The summed E-state index contributed by atoms with van der Waals surface area (Å²) in [5.41, 5.74) is 6.26. The average molecular weight is 284 g/mol. The van der Waals surface area contributed by atoms with E-state index in [-0.39, 0.29) is 5.41 Å². The van der Waals surface area contributed by atoms with Gasteiger partial charge in [0.1, 0.15) is 5.65 Å². The van der Waals surface area contributed by atoms with Gasteiger partial charge in [-0.3, -0.25) is 0 Å². The van der Waals surface area contributed by atoms with E-state index in [1.807, 2.05) is 0 Å². The van der Waals surface area contributed by atoms with Crippen molar-refractivity contribution in [3.63, 3.8) is 0 Å². The first-order valence-electron chi connectivity index (χ1n) is 6.94. The van der Waals surface area contributed by atoms with Crippen molar-refractivity contribution < 1.29 is 0 Å². The Morgan fingerprint density at radius 3 is 2.65 bits per heavy atom. The third-order valence-electron chi connectivity index (χ3n) is 3.53.